The van der Waals surface area contributed by atoms with Crippen LogP contribution in [0.3, 0.4) is 0 Å². The molecule has 0 saturated carbocycles. The minimum Gasteiger partial charge on any atom is -0.367 e. The van der Waals surface area contributed by atoms with Gasteiger partial charge >= 0.3 is 0 Å². The lowest BCUT2D eigenvalue weighted by atomic mass is 10.0. The molecule has 3 nitrogen and oxygen atoms in total. The van der Waals surface area contributed by atoms with Crippen molar-refractivity contribution in [3.05, 3.63) is 45.8 Å². The van der Waals surface area contributed by atoms with Crippen molar-refractivity contribution >= 4 is 28.8 Å². The molecule has 0 aliphatic rings. The summed E-state index contributed by atoms with van der Waals surface area (Å²) in [7, 11) is 0. The van der Waals surface area contributed by atoms with Crippen molar-refractivity contribution in [3.63, 3.8) is 0 Å². The predicted molar refractivity (Wildman–Crippen MR) is 84.1 cm³/mol. The molecule has 0 saturated heterocycles. The number of nitrogens with two attached hydrogens (primary N) is 1. The van der Waals surface area contributed by atoms with E-state index in [0.29, 0.717) is 16.6 Å². The van der Waals surface area contributed by atoms with Crippen molar-refractivity contribution in [1.29, 1.82) is 0 Å². The smallest absolute Gasteiger partial charge is 0.230 e. The number of nitrogens with zero attached hydrogens (tertiary/aromatic N) is 1. The van der Waals surface area contributed by atoms with Gasteiger partial charge in [-0.1, -0.05) is 46.6 Å². The van der Waals surface area contributed by atoms with Gasteiger partial charge in [-0.15, -0.1) is 11.3 Å². The Morgan fingerprint density at radius 2 is 2.10 bits per heavy atom. The van der Waals surface area contributed by atoms with Crippen LogP contribution in [0.15, 0.2) is 34.2 Å². The molecule has 0 aliphatic carbocycles. The minimum absolute atomic E-state index is 0.313. The number of hydrogen-bond acceptors (Lipinski definition) is 4. The maximum atomic E-state index is 6.33. The second-order valence-corrected chi connectivity index (χ2v) is 5.96. The van der Waals surface area contributed by atoms with Gasteiger partial charge in [-0.05, 0) is 30.4 Å². The van der Waals surface area contributed by atoms with Gasteiger partial charge in [0.2, 0.25) is 5.88 Å². The van der Waals surface area contributed by atoms with E-state index in [2.05, 4.69) is 11.2 Å². The van der Waals surface area contributed by atoms with E-state index < -0.39 is 0 Å². The van der Waals surface area contributed by atoms with Crippen molar-refractivity contribution in [3.8, 4) is 21.7 Å². The fourth-order valence-corrected chi connectivity index (χ4v) is 3.40. The van der Waals surface area contributed by atoms with Crippen molar-refractivity contribution in [2.24, 2.45) is 0 Å². The third-order valence-corrected chi connectivity index (χ3v) is 4.84. The van der Waals surface area contributed by atoms with Crippen LogP contribution in [0.25, 0.3) is 21.7 Å². The number of rotatable bonds is 2. The lowest BCUT2D eigenvalue weighted by Gasteiger charge is -2.03. The summed E-state index contributed by atoms with van der Waals surface area (Å²) in [5.74, 6) is 0.313. The first-order valence-corrected chi connectivity index (χ1v) is 7.40. The fraction of sp³-hybridized carbons (Fsp3) is 0.133. The van der Waals surface area contributed by atoms with Crippen LogP contribution in [-0.2, 0) is 0 Å². The highest BCUT2D eigenvalue weighted by Crippen LogP contribution is 2.43. The molecular weight excluding hydrogens is 292 g/mol. The normalized spacial score (nSPS) is 10.9. The third-order valence-electron chi connectivity index (χ3n) is 3.14. The summed E-state index contributed by atoms with van der Waals surface area (Å²) in [6, 6.07) is 8.08. The van der Waals surface area contributed by atoms with Crippen LogP contribution in [0.1, 0.15) is 11.1 Å². The van der Waals surface area contributed by atoms with Crippen LogP contribution >= 0.6 is 22.9 Å². The van der Waals surface area contributed by atoms with Crippen molar-refractivity contribution in [2.45, 2.75) is 13.8 Å². The van der Waals surface area contributed by atoms with E-state index in [-0.39, 0.29) is 0 Å². The molecule has 0 bridgehead atoms. The molecule has 0 aliphatic heterocycles. The molecular formula is C15H13ClN2OS. The molecule has 1 aromatic carbocycles. The van der Waals surface area contributed by atoms with E-state index in [4.69, 9.17) is 21.9 Å². The predicted octanol–water partition coefficient (Wildman–Crippen LogP) is 4.92. The SMILES string of the molecule is Cc1cccc(-c2c(-c3scc(C)c3Cl)noc2N)c1. The zero-order valence-corrected chi connectivity index (χ0v) is 12.7. The van der Waals surface area contributed by atoms with Crippen molar-refractivity contribution in [1.82, 2.24) is 5.16 Å². The van der Waals surface area contributed by atoms with Crippen LogP contribution in [-0.4, -0.2) is 5.16 Å². The van der Waals surface area contributed by atoms with Gasteiger partial charge in [0, 0.05) is 0 Å². The highest BCUT2D eigenvalue weighted by molar-refractivity contribution is 7.14. The first-order chi connectivity index (χ1) is 9.58. The van der Waals surface area contributed by atoms with E-state index in [1.165, 1.54) is 0 Å². The summed E-state index contributed by atoms with van der Waals surface area (Å²) >= 11 is 7.88. The van der Waals surface area contributed by atoms with Gasteiger partial charge in [-0.3, -0.25) is 0 Å². The lowest BCUT2D eigenvalue weighted by Crippen LogP contribution is -1.87. The third kappa shape index (κ3) is 2.11. The van der Waals surface area contributed by atoms with Crippen LogP contribution in [0.2, 0.25) is 5.02 Å². The topological polar surface area (TPSA) is 52.0 Å². The van der Waals surface area contributed by atoms with E-state index in [0.717, 1.165) is 27.1 Å². The minimum atomic E-state index is 0.313. The summed E-state index contributed by atoms with van der Waals surface area (Å²) in [6.07, 6.45) is 0. The number of nitrogen functional groups attached to an aromatic ring is 1. The lowest BCUT2D eigenvalue weighted by molar-refractivity contribution is 0.439. The Kier molecular flexibility index (Phi) is 3.28. The number of aryl methyl sites for hydroxylation is 2. The number of aromatic nitrogens is 1. The van der Waals surface area contributed by atoms with E-state index in [1.807, 2.05) is 37.4 Å². The molecule has 0 unspecified atom stereocenters. The van der Waals surface area contributed by atoms with Gasteiger partial charge in [0.15, 0.2) is 0 Å². The Bertz CT molecular complexity index is 776. The summed E-state index contributed by atoms with van der Waals surface area (Å²) < 4.78 is 5.18. The Labute approximate surface area is 126 Å². The maximum Gasteiger partial charge on any atom is 0.230 e. The molecule has 0 amide bonds. The molecule has 3 rings (SSSR count). The van der Waals surface area contributed by atoms with E-state index >= 15 is 0 Å². The van der Waals surface area contributed by atoms with Gasteiger partial charge in [0.1, 0.15) is 5.69 Å². The first-order valence-electron chi connectivity index (χ1n) is 6.14. The number of halogens is 1. The van der Waals surface area contributed by atoms with Gasteiger partial charge in [0.25, 0.3) is 0 Å². The largest absolute Gasteiger partial charge is 0.367 e. The fourth-order valence-electron chi connectivity index (χ4n) is 2.13. The molecule has 5 heteroatoms. The zero-order valence-electron chi connectivity index (χ0n) is 11.1. The Morgan fingerprint density at radius 3 is 2.75 bits per heavy atom. The standard InChI is InChI=1S/C15H13ClN2OS/c1-8-4-3-5-10(6-8)11-13(18-19-15(11)17)14-12(16)9(2)7-20-14/h3-7H,17H2,1-2H3. The molecule has 20 heavy (non-hydrogen) atoms. The molecule has 2 heterocycles. The Balaban J connectivity index is 2.22. The quantitative estimate of drug-likeness (QED) is 0.731. The van der Waals surface area contributed by atoms with Gasteiger partial charge in [-0.25, -0.2) is 0 Å². The second-order valence-electron chi connectivity index (χ2n) is 4.70. The van der Waals surface area contributed by atoms with Crippen molar-refractivity contribution in [2.75, 3.05) is 5.73 Å². The van der Waals surface area contributed by atoms with E-state index in [9.17, 15) is 0 Å². The Hall–Kier alpha value is -1.78. The highest BCUT2D eigenvalue weighted by Gasteiger charge is 2.21. The van der Waals surface area contributed by atoms with Gasteiger partial charge in [0.05, 0.1) is 15.5 Å². The number of anilines is 1. The molecule has 0 spiro atoms. The molecule has 2 aromatic heterocycles. The van der Waals surface area contributed by atoms with E-state index in [1.54, 1.807) is 11.3 Å². The molecule has 0 fully saturated rings. The number of benzene rings is 1. The molecule has 0 radical (unpaired) electrons. The average Bonchev–Trinajstić information content (AvgIpc) is 2.94. The molecule has 0 atom stereocenters. The van der Waals surface area contributed by atoms with Crippen LogP contribution < -0.4 is 5.73 Å². The van der Waals surface area contributed by atoms with Crippen LogP contribution in [0.4, 0.5) is 5.88 Å². The zero-order chi connectivity index (χ0) is 14.3. The summed E-state index contributed by atoms with van der Waals surface area (Å²) in [4.78, 5) is 0.890. The summed E-state index contributed by atoms with van der Waals surface area (Å²) in [5.41, 5.74) is 10.6. The monoisotopic (exact) mass is 304 g/mol. The summed E-state index contributed by atoms with van der Waals surface area (Å²) in [6.45, 7) is 4.01. The second kappa shape index (κ2) is 4.96. The molecule has 2 N–H and O–H groups in total. The summed E-state index contributed by atoms with van der Waals surface area (Å²) in [5, 5.41) is 6.80. The van der Waals surface area contributed by atoms with Crippen LogP contribution in [0.5, 0.6) is 0 Å². The first kappa shape index (κ1) is 13.2. The average molecular weight is 305 g/mol. The van der Waals surface area contributed by atoms with Gasteiger partial charge in [-0.2, -0.15) is 0 Å². The number of thiophene rings is 1. The van der Waals surface area contributed by atoms with Gasteiger partial charge < -0.3 is 10.3 Å². The van der Waals surface area contributed by atoms with Crippen molar-refractivity contribution < 1.29 is 4.52 Å². The maximum absolute atomic E-state index is 6.33. The number of hydrogen-bond donors (Lipinski definition) is 1. The highest BCUT2D eigenvalue weighted by atomic mass is 35.5. The Morgan fingerprint density at radius 1 is 1.30 bits per heavy atom. The molecule has 102 valence electrons. The molecule has 3 aromatic rings. The van der Waals surface area contributed by atoms with Crippen LogP contribution in [0, 0.1) is 13.8 Å².